The highest BCUT2D eigenvalue weighted by molar-refractivity contribution is 7.89. The molecule has 3 aromatic carbocycles. The summed E-state index contributed by atoms with van der Waals surface area (Å²) < 4.78 is 27.8. The van der Waals surface area contributed by atoms with Gasteiger partial charge in [-0.3, -0.25) is 19.4 Å². The van der Waals surface area contributed by atoms with Gasteiger partial charge in [0.25, 0.3) is 11.8 Å². The molecule has 1 saturated heterocycles. The summed E-state index contributed by atoms with van der Waals surface area (Å²) in [6, 6.07) is 25.6. The quantitative estimate of drug-likeness (QED) is 0.462. The number of piperazine rings is 1. The maximum atomic E-state index is 13.2. The van der Waals surface area contributed by atoms with E-state index in [0.717, 1.165) is 10.5 Å². The number of imide groups is 1. The number of sulfonamides is 1. The van der Waals surface area contributed by atoms with Gasteiger partial charge in [-0.2, -0.15) is 4.31 Å². The monoisotopic (exact) mass is 503 g/mol. The Morgan fingerprint density at radius 2 is 1.31 bits per heavy atom. The minimum atomic E-state index is -3.63. The largest absolute Gasteiger partial charge is 0.290 e. The topological polar surface area (TPSA) is 78.0 Å². The molecule has 0 radical (unpaired) electrons. The van der Waals surface area contributed by atoms with Crippen LogP contribution in [0.4, 0.5) is 0 Å². The molecule has 0 atom stereocenters. The van der Waals surface area contributed by atoms with Gasteiger partial charge in [-0.05, 0) is 30.2 Å². The van der Waals surface area contributed by atoms with Crippen LogP contribution in [0.25, 0.3) is 0 Å². The average Bonchev–Trinajstić information content (AvgIpc) is 3.13. The molecular formula is C28H29N3O4S. The normalized spacial score (nSPS) is 17.1. The molecule has 0 bridgehead atoms. The Labute approximate surface area is 212 Å². The van der Waals surface area contributed by atoms with Gasteiger partial charge in [-0.15, -0.1) is 0 Å². The van der Waals surface area contributed by atoms with Crippen molar-refractivity contribution < 1.29 is 18.0 Å². The summed E-state index contributed by atoms with van der Waals surface area (Å²) in [6.45, 7) is 3.59. The Morgan fingerprint density at radius 1 is 0.750 bits per heavy atom. The zero-order valence-corrected chi connectivity index (χ0v) is 21.0. The van der Waals surface area contributed by atoms with Gasteiger partial charge in [-0.1, -0.05) is 72.3 Å². The predicted molar refractivity (Wildman–Crippen MR) is 138 cm³/mol. The molecule has 1 fully saturated rings. The molecule has 0 saturated carbocycles. The Balaban J connectivity index is 1.25. The summed E-state index contributed by atoms with van der Waals surface area (Å²) in [5.41, 5.74) is 3.90. The maximum absolute atomic E-state index is 13.2. The van der Waals surface area contributed by atoms with E-state index in [4.69, 9.17) is 0 Å². The molecule has 0 N–H and O–H groups in total. The lowest BCUT2D eigenvalue weighted by Gasteiger charge is -2.39. The van der Waals surface area contributed by atoms with Crippen LogP contribution in [0.1, 0.15) is 43.4 Å². The molecule has 3 aromatic rings. The molecule has 2 aliphatic heterocycles. The van der Waals surface area contributed by atoms with Gasteiger partial charge < -0.3 is 0 Å². The Bertz CT molecular complexity index is 1330. The third kappa shape index (κ3) is 4.72. The fraction of sp³-hybridized carbons (Fsp3) is 0.286. The van der Waals surface area contributed by atoms with Crippen LogP contribution < -0.4 is 0 Å². The molecule has 0 aromatic heterocycles. The summed E-state index contributed by atoms with van der Waals surface area (Å²) in [5.74, 6) is -1.13. The standard InChI is InChI=1S/C28H29N3O4S/c1-21-12-13-24-25(20-21)28(33)31(27(24)32)18-19-36(34,35)30-16-14-29(15-17-30)26(22-8-4-2-5-9-22)23-10-6-3-7-11-23/h2-13,20,26H,14-19H2,1H3. The maximum Gasteiger partial charge on any atom is 0.261 e. The smallest absolute Gasteiger partial charge is 0.261 e. The lowest BCUT2D eigenvalue weighted by molar-refractivity contribution is 0.0663. The Kier molecular flexibility index (Phi) is 6.75. The molecule has 2 aliphatic rings. The fourth-order valence-electron chi connectivity index (χ4n) is 5.07. The fourth-order valence-corrected chi connectivity index (χ4v) is 6.46. The molecule has 2 heterocycles. The van der Waals surface area contributed by atoms with E-state index >= 15 is 0 Å². The van der Waals surface area contributed by atoms with Gasteiger partial charge in [-0.25, -0.2) is 8.42 Å². The number of aryl methyl sites for hydroxylation is 1. The van der Waals surface area contributed by atoms with E-state index in [2.05, 4.69) is 29.2 Å². The molecule has 0 unspecified atom stereocenters. The van der Waals surface area contributed by atoms with E-state index in [0.29, 0.717) is 37.3 Å². The predicted octanol–water partition coefficient (Wildman–Crippen LogP) is 3.33. The van der Waals surface area contributed by atoms with Gasteiger partial charge in [0.2, 0.25) is 10.0 Å². The van der Waals surface area contributed by atoms with Crippen molar-refractivity contribution in [1.82, 2.24) is 14.1 Å². The first-order valence-electron chi connectivity index (χ1n) is 12.1. The van der Waals surface area contributed by atoms with E-state index in [1.807, 2.05) is 43.3 Å². The van der Waals surface area contributed by atoms with Crippen molar-refractivity contribution in [2.24, 2.45) is 0 Å². The highest BCUT2D eigenvalue weighted by atomic mass is 32.2. The van der Waals surface area contributed by atoms with E-state index in [1.54, 1.807) is 18.2 Å². The third-order valence-corrected chi connectivity index (χ3v) is 8.81. The number of amides is 2. The second kappa shape index (κ2) is 9.97. The SMILES string of the molecule is Cc1ccc2c(c1)C(=O)N(CCS(=O)(=O)N1CCN(C(c3ccccc3)c3ccccc3)CC1)C2=O. The minimum Gasteiger partial charge on any atom is -0.290 e. The van der Waals surface area contributed by atoms with Crippen LogP contribution in [0.5, 0.6) is 0 Å². The number of rotatable bonds is 7. The average molecular weight is 504 g/mol. The molecule has 7 nitrogen and oxygen atoms in total. The summed E-state index contributed by atoms with van der Waals surface area (Å²) in [5, 5.41) is 0. The van der Waals surface area contributed by atoms with Crippen molar-refractivity contribution in [1.29, 1.82) is 0 Å². The van der Waals surface area contributed by atoms with Crippen molar-refractivity contribution in [2.45, 2.75) is 13.0 Å². The molecule has 5 rings (SSSR count). The first kappa shape index (κ1) is 24.4. The highest BCUT2D eigenvalue weighted by Gasteiger charge is 2.37. The van der Waals surface area contributed by atoms with Crippen LogP contribution in [-0.4, -0.2) is 72.8 Å². The number of carbonyl (C=O) groups excluding carboxylic acids is 2. The van der Waals surface area contributed by atoms with Crippen molar-refractivity contribution in [3.05, 3.63) is 107 Å². The number of hydrogen-bond acceptors (Lipinski definition) is 5. The van der Waals surface area contributed by atoms with Crippen LogP contribution in [0, 0.1) is 6.92 Å². The van der Waals surface area contributed by atoms with Crippen molar-refractivity contribution in [2.75, 3.05) is 38.5 Å². The first-order chi connectivity index (χ1) is 17.3. The molecule has 36 heavy (non-hydrogen) atoms. The van der Waals surface area contributed by atoms with E-state index in [-0.39, 0.29) is 18.3 Å². The lowest BCUT2D eigenvalue weighted by Crippen LogP contribution is -2.51. The summed E-state index contributed by atoms with van der Waals surface area (Å²) in [4.78, 5) is 28.8. The van der Waals surface area contributed by atoms with Crippen molar-refractivity contribution >= 4 is 21.8 Å². The lowest BCUT2D eigenvalue weighted by atomic mass is 9.96. The molecular weight excluding hydrogens is 474 g/mol. The number of carbonyl (C=O) groups is 2. The van der Waals surface area contributed by atoms with Gasteiger partial charge in [0.05, 0.1) is 22.9 Å². The van der Waals surface area contributed by atoms with Gasteiger partial charge >= 0.3 is 0 Å². The van der Waals surface area contributed by atoms with Crippen LogP contribution in [0.15, 0.2) is 78.9 Å². The van der Waals surface area contributed by atoms with E-state index in [1.165, 1.54) is 15.4 Å². The number of hydrogen-bond donors (Lipinski definition) is 0. The first-order valence-corrected chi connectivity index (χ1v) is 13.7. The molecule has 0 spiro atoms. The summed E-state index contributed by atoms with van der Waals surface area (Å²) in [7, 11) is -3.63. The van der Waals surface area contributed by atoms with E-state index < -0.39 is 21.8 Å². The molecule has 8 heteroatoms. The minimum absolute atomic E-state index is 0.0408. The zero-order valence-electron chi connectivity index (χ0n) is 20.2. The second-order valence-corrected chi connectivity index (χ2v) is 11.4. The molecule has 186 valence electrons. The summed E-state index contributed by atoms with van der Waals surface area (Å²) >= 11 is 0. The van der Waals surface area contributed by atoms with Gasteiger partial charge in [0.15, 0.2) is 0 Å². The third-order valence-electron chi connectivity index (χ3n) is 6.96. The van der Waals surface area contributed by atoms with Crippen LogP contribution in [-0.2, 0) is 10.0 Å². The van der Waals surface area contributed by atoms with Gasteiger partial charge in [0, 0.05) is 32.7 Å². The Morgan fingerprint density at radius 3 is 1.89 bits per heavy atom. The zero-order chi connectivity index (χ0) is 25.3. The second-order valence-electron chi connectivity index (χ2n) is 9.29. The number of fused-ring (bicyclic) bond motifs is 1. The molecule has 2 amide bonds. The Hall–Kier alpha value is -3.33. The summed E-state index contributed by atoms with van der Waals surface area (Å²) in [6.07, 6.45) is 0. The van der Waals surface area contributed by atoms with Crippen LogP contribution >= 0.6 is 0 Å². The van der Waals surface area contributed by atoms with E-state index in [9.17, 15) is 18.0 Å². The number of nitrogens with zero attached hydrogens (tertiary/aromatic N) is 3. The van der Waals surface area contributed by atoms with Crippen molar-refractivity contribution in [3.8, 4) is 0 Å². The van der Waals surface area contributed by atoms with Gasteiger partial charge in [0.1, 0.15) is 0 Å². The van der Waals surface area contributed by atoms with Crippen LogP contribution in [0.2, 0.25) is 0 Å². The number of benzene rings is 3. The molecule has 0 aliphatic carbocycles. The highest BCUT2D eigenvalue weighted by Crippen LogP contribution is 2.30. The van der Waals surface area contributed by atoms with Crippen molar-refractivity contribution in [3.63, 3.8) is 0 Å². The van der Waals surface area contributed by atoms with Crippen LogP contribution in [0.3, 0.4) is 0 Å².